The molecular weight excluding hydrogens is 384 g/mol. The van der Waals surface area contributed by atoms with Crippen molar-refractivity contribution in [3.63, 3.8) is 0 Å². The highest BCUT2D eigenvalue weighted by atomic mass is 35.5. The van der Waals surface area contributed by atoms with Crippen LogP contribution >= 0.6 is 11.6 Å². The minimum absolute atomic E-state index is 0.195. The molecule has 0 unspecified atom stereocenters. The molecule has 0 bridgehead atoms. The number of carbonyl (C=O) groups is 1. The van der Waals surface area contributed by atoms with Gasteiger partial charge in [0, 0.05) is 41.1 Å². The van der Waals surface area contributed by atoms with Gasteiger partial charge in [-0.1, -0.05) is 35.9 Å². The van der Waals surface area contributed by atoms with Crippen molar-refractivity contribution in [2.75, 3.05) is 24.9 Å². The van der Waals surface area contributed by atoms with Gasteiger partial charge in [0.05, 0.1) is 4.90 Å². The Morgan fingerprint density at radius 3 is 2.26 bits per heavy atom. The molecule has 0 saturated carbocycles. The number of hydrogen-bond acceptors (Lipinski definition) is 4. The second-order valence-electron chi connectivity index (χ2n) is 6.29. The lowest BCUT2D eigenvalue weighted by molar-refractivity contribution is 0.0960. The van der Waals surface area contributed by atoms with Crippen LogP contribution in [0.15, 0.2) is 65.6 Å². The number of carbonyl (C=O) groups excluding carboxylic acids is 1. The van der Waals surface area contributed by atoms with Gasteiger partial charge in [-0.2, -0.15) is 0 Å². The number of hydrogen-bond donors (Lipinski definition) is 1. The normalized spacial score (nSPS) is 11.4. The monoisotopic (exact) mass is 402 g/mol. The molecule has 0 spiro atoms. The maximum atomic E-state index is 12.9. The summed E-state index contributed by atoms with van der Waals surface area (Å²) in [5.41, 5.74) is 1.28. The summed E-state index contributed by atoms with van der Waals surface area (Å²) >= 11 is 5.81. The maximum absolute atomic E-state index is 12.9. The van der Waals surface area contributed by atoms with E-state index >= 15 is 0 Å². The smallest absolute Gasteiger partial charge is 0.252 e. The standard InChI is InChI=1S/C20H19ClN2O3S/c1-23(2)18-7-3-6-17-16(18)5-4-8-19(17)27(25,26)13-22-20(24)14-9-11-15(21)12-10-14/h3-12H,13H2,1-2H3,(H,22,24). The third-order valence-corrected chi connectivity index (χ3v) is 6.01. The van der Waals surface area contributed by atoms with E-state index in [1.54, 1.807) is 42.5 Å². The summed E-state index contributed by atoms with van der Waals surface area (Å²) in [5.74, 6) is -0.954. The Hall–Kier alpha value is -2.57. The van der Waals surface area contributed by atoms with E-state index in [1.165, 1.54) is 0 Å². The number of amides is 1. The fourth-order valence-corrected chi connectivity index (χ4v) is 4.27. The zero-order valence-electron chi connectivity index (χ0n) is 14.9. The summed E-state index contributed by atoms with van der Waals surface area (Å²) in [6.07, 6.45) is 0. The summed E-state index contributed by atoms with van der Waals surface area (Å²) in [6.45, 7) is 0. The molecule has 1 N–H and O–H groups in total. The van der Waals surface area contributed by atoms with E-state index in [0.717, 1.165) is 11.1 Å². The molecule has 5 nitrogen and oxygen atoms in total. The first-order valence-corrected chi connectivity index (χ1v) is 10.3. The quantitative estimate of drug-likeness (QED) is 0.706. The van der Waals surface area contributed by atoms with Crippen LogP contribution in [0.25, 0.3) is 10.8 Å². The molecule has 0 aliphatic carbocycles. The van der Waals surface area contributed by atoms with E-state index < -0.39 is 21.6 Å². The van der Waals surface area contributed by atoms with Crippen molar-refractivity contribution in [1.82, 2.24) is 5.32 Å². The van der Waals surface area contributed by atoms with Gasteiger partial charge in [-0.05, 0) is 36.4 Å². The molecule has 0 saturated heterocycles. The van der Waals surface area contributed by atoms with E-state index in [4.69, 9.17) is 11.6 Å². The summed E-state index contributed by atoms with van der Waals surface area (Å²) < 4.78 is 25.7. The Balaban J connectivity index is 1.90. The fourth-order valence-electron chi connectivity index (χ4n) is 2.87. The highest BCUT2D eigenvalue weighted by Crippen LogP contribution is 2.30. The molecule has 0 radical (unpaired) electrons. The van der Waals surface area contributed by atoms with Crippen LogP contribution in [-0.4, -0.2) is 34.3 Å². The van der Waals surface area contributed by atoms with Gasteiger partial charge in [0.1, 0.15) is 5.88 Å². The lowest BCUT2D eigenvalue weighted by Crippen LogP contribution is -2.29. The summed E-state index contributed by atoms with van der Waals surface area (Å²) in [6, 6.07) is 16.9. The third kappa shape index (κ3) is 4.07. The van der Waals surface area contributed by atoms with Crippen LogP contribution < -0.4 is 10.2 Å². The number of rotatable bonds is 5. The van der Waals surface area contributed by atoms with E-state index in [1.807, 2.05) is 37.2 Å². The molecule has 7 heteroatoms. The summed E-state index contributed by atoms with van der Waals surface area (Å²) in [7, 11) is 0.0930. The summed E-state index contributed by atoms with van der Waals surface area (Å²) in [4.78, 5) is 14.3. The van der Waals surface area contributed by atoms with Crippen molar-refractivity contribution in [2.45, 2.75) is 4.90 Å². The Kier molecular flexibility index (Phi) is 5.39. The van der Waals surface area contributed by atoms with Crippen molar-refractivity contribution in [3.05, 3.63) is 71.2 Å². The van der Waals surface area contributed by atoms with Crippen LogP contribution in [0.1, 0.15) is 10.4 Å². The van der Waals surface area contributed by atoms with Crippen LogP contribution in [0.5, 0.6) is 0 Å². The lowest BCUT2D eigenvalue weighted by Gasteiger charge is -2.17. The molecule has 3 aromatic carbocycles. The van der Waals surface area contributed by atoms with Crippen LogP contribution in [0.3, 0.4) is 0 Å². The van der Waals surface area contributed by atoms with E-state index in [2.05, 4.69) is 5.32 Å². The Labute approximate surface area is 163 Å². The zero-order valence-corrected chi connectivity index (χ0v) is 16.5. The second kappa shape index (κ2) is 7.58. The molecule has 3 aromatic rings. The number of benzene rings is 3. The molecule has 0 atom stereocenters. The van der Waals surface area contributed by atoms with Crippen molar-refractivity contribution >= 4 is 43.8 Å². The molecule has 1 amide bonds. The second-order valence-corrected chi connectivity index (χ2v) is 8.69. The molecular formula is C20H19ClN2O3S. The highest BCUT2D eigenvalue weighted by molar-refractivity contribution is 7.91. The fraction of sp³-hybridized carbons (Fsp3) is 0.150. The number of nitrogens with zero attached hydrogens (tertiary/aromatic N) is 1. The predicted octanol–water partition coefficient (Wildman–Crippen LogP) is 3.72. The van der Waals surface area contributed by atoms with Gasteiger partial charge < -0.3 is 10.2 Å². The van der Waals surface area contributed by atoms with Gasteiger partial charge in [0.15, 0.2) is 9.84 Å². The van der Waals surface area contributed by atoms with Gasteiger partial charge in [-0.25, -0.2) is 8.42 Å². The largest absolute Gasteiger partial charge is 0.377 e. The van der Waals surface area contributed by atoms with Crippen molar-refractivity contribution < 1.29 is 13.2 Å². The van der Waals surface area contributed by atoms with E-state index in [-0.39, 0.29) is 4.90 Å². The average molecular weight is 403 g/mol. The summed E-state index contributed by atoms with van der Waals surface area (Å²) in [5, 5.41) is 4.45. The molecule has 27 heavy (non-hydrogen) atoms. The molecule has 0 aromatic heterocycles. The number of halogens is 1. The van der Waals surface area contributed by atoms with Crippen molar-refractivity contribution in [2.24, 2.45) is 0 Å². The number of fused-ring (bicyclic) bond motifs is 1. The molecule has 0 aliphatic heterocycles. The molecule has 0 aliphatic rings. The molecule has 140 valence electrons. The molecule has 0 heterocycles. The van der Waals surface area contributed by atoms with Gasteiger partial charge in [-0.3, -0.25) is 4.79 Å². The van der Waals surface area contributed by atoms with Crippen LogP contribution in [0.2, 0.25) is 5.02 Å². The Morgan fingerprint density at radius 2 is 1.59 bits per heavy atom. The van der Waals surface area contributed by atoms with Gasteiger partial charge >= 0.3 is 0 Å². The maximum Gasteiger partial charge on any atom is 0.252 e. The van der Waals surface area contributed by atoms with E-state index in [0.29, 0.717) is 16.0 Å². The van der Waals surface area contributed by atoms with Crippen molar-refractivity contribution in [3.8, 4) is 0 Å². The first-order chi connectivity index (χ1) is 12.8. The minimum Gasteiger partial charge on any atom is -0.377 e. The van der Waals surface area contributed by atoms with Gasteiger partial charge in [-0.15, -0.1) is 0 Å². The topological polar surface area (TPSA) is 66.5 Å². The van der Waals surface area contributed by atoms with Crippen LogP contribution in [0.4, 0.5) is 5.69 Å². The first kappa shape index (κ1) is 19.2. The van der Waals surface area contributed by atoms with Gasteiger partial charge in [0.2, 0.25) is 0 Å². The predicted molar refractivity (Wildman–Crippen MR) is 109 cm³/mol. The highest BCUT2D eigenvalue weighted by Gasteiger charge is 2.20. The molecule has 3 rings (SSSR count). The molecule has 0 fully saturated rings. The SMILES string of the molecule is CN(C)c1cccc2c(S(=O)(=O)CNC(=O)c3ccc(Cl)cc3)cccc12. The number of sulfone groups is 1. The zero-order chi connectivity index (χ0) is 19.6. The van der Waals surface area contributed by atoms with Crippen molar-refractivity contribution in [1.29, 1.82) is 0 Å². The van der Waals surface area contributed by atoms with E-state index in [9.17, 15) is 13.2 Å². The van der Waals surface area contributed by atoms with Gasteiger partial charge in [0.25, 0.3) is 5.91 Å². The van der Waals surface area contributed by atoms with Crippen LogP contribution in [0, 0.1) is 0 Å². The minimum atomic E-state index is -3.72. The lowest BCUT2D eigenvalue weighted by atomic mass is 10.1. The number of nitrogens with one attached hydrogen (secondary N) is 1. The average Bonchev–Trinajstić information content (AvgIpc) is 2.65. The first-order valence-electron chi connectivity index (χ1n) is 8.25. The number of anilines is 1. The van der Waals surface area contributed by atoms with Crippen LogP contribution in [-0.2, 0) is 9.84 Å². The third-order valence-electron chi connectivity index (χ3n) is 4.21. The Morgan fingerprint density at radius 1 is 0.963 bits per heavy atom. The Bertz CT molecular complexity index is 1090.